The van der Waals surface area contributed by atoms with Gasteiger partial charge in [-0.05, 0) is 58.8 Å². The second-order valence-electron chi connectivity index (χ2n) is 17.8. The van der Waals surface area contributed by atoms with E-state index in [4.69, 9.17) is 11.5 Å². The Labute approximate surface area is 397 Å². The van der Waals surface area contributed by atoms with Crippen molar-refractivity contribution in [2.75, 3.05) is 26.2 Å². The van der Waals surface area contributed by atoms with Crippen LogP contribution in [0.2, 0.25) is 0 Å². The lowest BCUT2D eigenvalue weighted by atomic mass is 9.96. The molecule has 0 bridgehead atoms. The largest absolute Gasteiger partial charge is 0.481 e. The molecule has 0 aliphatic carbocycles. The van der Waals surface area contributed by atoms with Gasteiger partial charge in [0.1, 0.15) is 42.3 Å². The Balaban J connectivity index is 2.04. The van der Waals surface area contributed by atoms with Gasteiger partial charge in [0.25, 0.3) is 0 Å². The molecule has 9 amide bonds. The molecule has 3 rings (SSSR count). The van der Waals surface area contributed by atoms with E-state index in [1.54, 1.807) is 13.8 Å². The molecule has 0 radical (unpaired) electrons. The van der Waals surface area contributed by atoms with Crippen LogP contribution in [0.5, 0.6) is 0 Å². The van der Waals surface area contributed by atoms with Crippen molar-refractivity contribution in [3.05, 3.63) is 12.3 Å². The zero-order valence-electron chi connectivity index (χ0n) is 39.2. The van der Waals surface area contributed by atoms with Crippen molar-refractivity contribution in [3.63, 3.8) is 0 Å². The van der Waals surface area contributed by atoms with E-state index in [0.717, 1.165) is 11.8 Å². The maximum Gasteiger partial charge on any atom is 0.308 e. The van der Waals surface area contributed by atoms with Crippen LogP contribution >= 0.6 is 0 Å². The molecule has 0 aromatic rings. The fraction of sp³-hybridized carbons (Fsp3) is 0.667. The number of hydrogen-bond acceptors (Lipinski definition) is 15. The summed E-state index contributed by atoms with van der Waals surface area (Å²) in [5.74, 6) is -15.3. The highest BCUT2D eigenvalue weighted by molar-refractivity contribution is 5.99. The van der Waals surface area contributed by atoms with Crippen LogP contribution in [-0.4, -0.2) is 183 Å². The summed E-state index contributed by atoms with van der Waals surface area (Å²) in [4.78, 5) is 161. The Morgan fingerprint density at radius 1 is 0.623 bits per heavy atom. The first-order valence-corrected chi connectivity index (χ1v) is 22.5. The predicted octanol–water partition coefficient (Wildman–Crippen LogP) is -5.48. The van der Waals surface area contributed by atoms with Gasteiger partial charge >= 0.3 is 17.9 Å². The minimum absolute atomic E-state index is 0.00651. The van der Waals surface area contributed by atoms with Gasteiger partial charge in [-0.3, -0.25) is 57.5 Å². The SMILES string of the molecule is C=C1NCC(=O)NC(C(C)N)C(=O)NC(C(C)C)C(=O)N2CCCC2C(=O)NC(C)C(N)C(=O)N2CCCCC2C(=O)NC(C(C)C(=O)O)C(=O)NC(CC(=O)O)C(=O)NCC(=O)NC1CC(=O)O. The van der Waals surface area contributed by atoms with Crippen LogP contribution in [0.1, 0.15) is 79.6 Å². The average Bonchev–Trinajstić information content (AvgIpc) is 3.78. The minimum atomic E-state index is -1.96. The molecule has 3 heterocycles. The van der Waals surface area contributed by atoms with E-state index in [2.05, 4.69) is 49.1 Å². The molecule has 384 valence electrons. The van der Waals surface area contributed by atoms with E-state index in [-0.39, 0.29) is 31.6 Å². The number of fused-ring (bicyclic) bond motifs is 2. The summed E-state index contributed by atoms with van der Waals surface area (Å²) in [7, 11) is 0. The number of carbonyl (C=O) groups is 12. The highest BCUT2D eigenvalue weighted by Gasteiger charge is 2.43. The number of rotatable bonds is 8. The fourth-order valence-corrected chi connectivity index (χ4v) is 7.93. The van der Waals surface area contributed by atoms with Crippen molar-refractivity contribution < 1.29 is 72.9 Å². The first kappa shape index (κ1) is 56.4. The smallest absolute Gasteiger partial charge is 0.308 e. The number of nitrogens with one attached hydrogen (secondary N) is 8. The molecule has 11 unspecified atom stereocenters. The summed E-state index contributed by atoms with van der Waals surface area (Å²) in [6.07, 6.45) is -0.428. The summed E-state index contributed by atoms with van der Waals surface area (Å²) in [6.45, 7) is 9.44. The third-order valence-corrected chi connectivity index (χ3v) is 12.0. The number of nitrogens with zero attached hydrogens (tertiary/aromatic N) is 2. The lowest BCUT2D eigenvalue weighted by Gasteiger charge is -2.38. The number of aliphatic carboxylic acids is 3. The molecule has 0 aromatic carbocycles. The number of hydrogen-bond donors (Lipinski definition) is 13. The van der Waals surface area contributed by atoms with Gasteiger partial charge in [-0.25, -0.2) is 0 Å². The lowest BCUT2D eigenvalue weighted by molar-refractivity contribution is -0.149. The first-order valence-electron chi connectivity index (χ1n) is 22.5. The highest BCUT2D eigenvalue weighted by atomic mass is 16.4. The van der Waals surface area contributed by atoms with Crippen molar-refractivity contribution in [2.24, 2.45) is 23.3 Å². The van der Waals surface area contributed by atoms with Crippen LogP contribution in [0.4, 0.5) is 0 Å². The molecule has 15 N–H and O–H groups in total. The van der Waals surface area contributed by atoms with Crippen LogP contribution < -0.4 is 54.0 Å². The number of carboxylic acid groups (broad SMARTS) is 3. The van der Waals surface area contributed by atoms with Crippen molar-refractivity contribution in [1.29, 1.82) is 0 Å². The molecule has 3 aliphatic rings. The third kappa shape index (κ3) is 15.8. The summed E-state index contributed by atoms with van der Waals surface area (Å²) >= 11 is 0. The third-order valence-electron chi connectivity index (χ3n) is 12.0. The fourth-order valence-electron chi connectivity index (χ4n) is 7.93. The molecular weight excluding hydrogens is 913 g/mol. The van der Waals surface area contributed by atoms with Crippen LogP contribution in [0.15, 0.2) is 12.3 Å². The summed E-state index contributed by atoms with van der Waals surface area (Å²) in [6, 6.07) is -13.9. The van der Waals surface area contributed by atoms with E-state index in [0.29, 0.717) is 19.3 Å². The van der Waals surface area contributed by atoms with Gasteiger partial charge in [0.15, 0.2) is 0 Å². The number of carboxylic acids is 3. The summed E-state index contributed by atoms with van der Waals surface area (Å²) < 4.78 is 0. The van der Waals surface area contributed by atoms with Crippen LogP contribution in [-0.2, 0) is 57.5 Å². The molecule has 3 aliphatic heterocycles. The first-order chi connectivity index (χ1) is 32.2. The topological polar surface area (TPSA) is 420 Å². The van der Waals surface area contributed by atoms with E-state index in [1.165, 1.54) is 18.7 Å². The van der Waals surface area contributed by atoms with Crippen LogP contribution in [0.3, 0.4) is 0 Å². The normalized spacial score (nSPS) is 29.2. The molecule has 0 aromatic heterocycles. The van der Waals surface area contributed by atoms with Crippen molar-refractivity contribution in [3.8, 4) is 0 Å². The lowest BCUT2D eigenvalue weighted by Crippen LogP contribution is -2.64. The molecule has 3 fully saturated rings. The van der Waals surface area contributed by atoms with Gasteiger partial charge in [-0.2, -0.15) is 0 Å². The molecule has 0 saturated carbocycles. The van der Waals surface area contributed by atoms with Crippen molar-refractivity contribution in [2.45, 2.75) is 140 Å². The van der Waals surface area contributed by atoms with Crippen molar-refractivity contribution >= 4 is 71.1 Å². The number of amides is 9. The monoisotopic (exact) mass is 978 g/mol. The quantitative estimate of drug-likeness (QED) is 0.108. The van der Waals surface area contributed by atoms with Gasteiger partial charge in [0.05, 0.1) is 43.9 Å². The average molecular weight is 979 g/mol. The standard InChI is InChI=1S/C42H66N12O15/c1-18(2)32-41(67)54-13-9-11-26(54)36(62)47-22(6)31(44)40(66)53-12-8-7-10-25(53)37(63)52-33(19(3)42(68)69)38(64)49-24(15-30(59)60)35(61)46-17-27(55)48-23(14-29(57)58)21(5)45-16-28(56)50-34(20(4)43)39(65)51-32/h18-20,22-26,31-34,45H,5,7-17,43-44H2,1-4,6H3,(H,46,61)(H,47,62)(H,48,55)(H,49,64)(H,50,56)(H,51,65)(H,52,63)(H,57,58)(H,59,60)(H,68,69). The molecule has 3 saturated heterocycles. The molecular formula is C42H66N12O15. The zero-order chi connectivity index (χ0) is 52.0. The molecule has 11 atom stereocenters. The van der Waals surface area contributed by atoms with Gasteiger partial charge in [0, 0.05) is 24.8 Å². The minimum Gasteiger partial charge on any atom is -0.481 e. The Kier molecular flexibility index (Phi) is 20.8. The van der Waals surface area contributed by atoms with Gasteiger partial charge in [0.2, 0.25) is 53.2 Å². The van der Waals surface area contributed by atoms with Crippen molar-refractivity contribution in [1.82, 2.24) is 52.3 Å². The molecule has 27 nitrogen and oxygen atoms in total. The second-order valence-corrected chi connectivity index (χ2v) is 17.8. The van der Waals surface area contributed by atoms with E-state index < -0.39 is 169 Å². The number of piperidine rings is 1. The highest BCUT2D eigenvalue weighted by Crippen LogP contribution is 2.23. The van der Waals surface area contributed by atoms with E-state index >= 15 is 0 Å². The molecule has 27 heteroatoms. The Bertz CT molecular complexity index is 2020. The number of nitrogens with two attached hydrogens (primary N) is 2. The predicted molar refractivity (Wildman–Crippen MR) is 239 cm³/mol. The van der Waals surface area contributed by atoms with Crippen LogP contribution in [0, 0.1) is 11.8 Å². The summed E-state index contributed by atoms with van der Waals surface area (Å²) in [5.41, 5.74) is 12.3. The molecule has 69 heavy (non-hydrogen) atoms. The van der Waals surface area contributed by atoms with Gasteiger partial charge < -0.3 is 79.1 Å². The summed E-state index contributed by atoms with van der Waals surface area (Å²) in [5, 5.41) is 48.2. The Morgan fingerprint density at radius 2 is 1.13 bits per heavy atom. The zero-order valence-corrected chi connectivity index (χ0v) is 39.2. The maximum atomic E-state index is 14.1. The van der Waals surface area contributed by atoms with Gasteiger partial charge in [-0.1, -0.05) is 20.4 Å². The van der Waals surface area contributed by atoms with Crippen LogP contribution in [0.25, 0.3) is 0 Å². The Morgan fingerprint density at radius 3 is 1.71 bits per heavy atom. The Hall–Kier alpha value is -6.90. The van der Waals surface area contributed by atoms with E-state index in [1.807, 2.05) is 0 Å². The second kappa shape index (κ2) is 25.5. The molecule has 0 spiro atoms. The van der Waals surface area contributed by atoms with E-state index in [9.17, 15) is 72.9 Å². The number of carbonyl (C=O) groups excluding carboxylic acids is 9. The maximum absolute atomic E-state index is 14.1. The van der Waals surface area contributed by atoms with Gasteiger partial charge in [-0.15, -0.1) is 0 Å².